The summed E-state index contributed by atoms with van der Waals surface area (Å²) in [7, 11) is 0. The van der Waals surface area contributed by atoms with Crippen LogP contribution < -0.4 is 5.32 Å². The zero-order valence-corrected chi connectivity index (χ0v) is 14.1. The molecule has 1 aliphatic heterocycles. The Morgan fingerprint density at radius 1 is 1.24 bits per heavy atom. The van der Waals surface area contributed by atoms with E-state index in [2.05, 4.69) is 26.1 Å². The second-order valence-electron chi connectivity index (χ2n) is 6.57. The van der Waals surface area contributed by atoms with Crippen molar-refractivity contribution in [1.29, 1.82) is 0 Å². The Labute approximate surface area is 129 Å². The molecule has 5 heteroatoms. The van der Waals surface area contributed by atoms with Crippen LogP contribution in [0.25, 0.3) is 0 Å². The molecular weight excluding hydrogens is 268 g/mol. The van der Waals surface area contributed by atoms with Crippen LogP contribution in [-0.2, 0) is 14.3 Å². The van der Waals surface area contributed by atoms with Gasteiger partial charge in [0.25, 0.3) is 0 Å². The van der Waals surface area contributed by atoms with Crippen LogP contribution in [0.15, 0.2) is 0 Å². The lowest BCUT2D eigenvalue weighted by Crippen LogP contribution is -2.43. The standard InChI is InChI=1S/C16H32N2O3/c1-5-20-12-13-21-14-7-10-18(11-8-14)15(19)6-9-17-16(2,3)4/h14,17H,5-13H2,1-4H3. The van der Waals surface area contributed by atoms with Crippen LogP contribution in [0.3, 0.4) is 0 Å². The Morgan fingerprint density at radius 3 is 2.48 bits per heavy atom. The highest BCUT2D eigenvalue weighted by molar-refractivity contribution is 5.76. The normalized spacial score (nSPS) is 17.2. The molecule has 0 bridgehead atoms. The highest BCUT2D eigenvalue weighted by atomic mass is 16.5. The molecule has 0 spiro atoms. The molecule has 0 aliphatic carbocycles. The second kappa shape index (κ2) is 9.38. The van der Waals surface area contributed by atoms with Crippen molar-refractivity contribution in [2.45, 2.75) is 58.6 Å². The second-order valence-corrected chi connectivity index (χ2v) is 6.57. The van der Waals surface area contributed by atoms with E-state index in [0.717, 1.165) is 39.1 Å². The van der Waals surface area contributed by atoms with Crippen LogP contribution in [0.1, 0.15) is 47.0 Å². The highest BCUT2D eigenvalue weighted by Crippen LogP contribution is 2.14. The third kappa shape index (κ3) is 8.39. The van der Waals surface area contributed by atoms with E-state index in [-0.39, 0.29) is 17.6 Å². The van der Waals surface area contributed by atoms with Crippen molar-refractivity contribution in [3.63, 3.8) is 0 Å². The number of amides is 1. The van der Waals surface area contributed by atoms with Crippen molar-refractivity contribution >= 4 is 5.91 Å². The molecule has 0 unspecified atom stereocenters. The smallest absolute Gasteiger partial charge is 0.223 e. The van der Waals surface area contributed by atoms with Gasteiger partial charge in [0.1, 0.15) is 0 Å². The molecule has 1 saturated heterocycles. The van der Waals surface area contributed by atoms with Gasteiger partial charge in [-0.1, -0.05) is 0 Å². The third-order valence-corrected chi connectivity index (χ3v) is 3.57. The van der Waals surface area contributed by atoms with Crippen molar-refractivity contribution in [3.8, 4) is 0 Å². The summed E-state index contributed by atoms with van der Waals surface area (Å²) < 4.78 is 11.0. The number of hydrogen-bond donors (Lipinski definition) is 1. The van der Waals surface area contributed by atoms with E-state index >= 15 is 0 Å². The maximum Gasteiger partial charge on any atom is 0.223 e. The number of carbonyl (C=O) groups excluding carboxylic acids is 1. The first-order chi connectivity index (χ1) is 9.92. The third-order valence-electron chi connectivity index (χ3n) is 3.57. The zero-order chi connectivity index (χ0) is 15.7. The Balaban J connectivity index is 2.13. The Bertz CT molecular complexity index is 294. The average Bonchev–Trinajstić information content (AvgIpc) is 2.43. The van der Waals surface area contributed by atoms with Gasteiger partial charge in [-0.15, -0.1) is 0 Å². The molecular formula is C16H32N2O3. The topological polar surface area (TPSA) is 50.8 Å². The molecule has 0 radical (unpaired) electrons. The van der Waals surface area contributed by atoms with Gasteiger partial charge in [0.2, 0.25) is 5.91 Å². The highest BCUT2D eigenvalue weighted by Gasteiger charge is 2.23. The van der Waals surface area contributed by atoms with Gasteiger partial charge in [0.15, 0.2) is 0 Å². The monoisotopic (exact) mass is 300 g/mol. The number of nitrogens with one attached hydrogen (secondary N) is 1. The van der Waals surface area contributed by atoms with Crippen molar-refractivity contribution in [3.05, 3.63) is 0 Å². The molecule has 1 aliphatic rings. The molecule has 124 valence electrons. The van der Waals surface area contributed by atoms with Gasteiger partial charge < -0.3 is 19.7 Å². The molecule has 1 heterocycles. The minimum Gasteiger partial charge on any atom is -0.379 e. The van der Waals surface area contributed by atoms with E-state index in [0.29, 0.717) is 19.6 Å². The van der Waals surface area contributed by atoms with Crippen molar-refractivity contribution in [2.75, 3.05) is 39.5 Å². The minimum atomic E-state index is 0.0711. The van der Waals surface area contributed by atoms with Gasteiger partial charge in [-0.2, -0.15) is 0 Å². The summed E-state index contributed by atoms with van der Waals surface area (Å²) in [6, 6.07) is 0. The summed E-state index contributed by atoms with van der Waals surface area (Å²) in [6.45, 7) is 12.7. The summed E-state index contributed by atoms with van der Waals surface area (Å²) in [5.41, 5.74) is 0.0711. The number of likely N-dealkylation sites (tertiary alicyclic amines) is 1. The van der Waals surface area contributed by atoms with Crippen LogP contribution in [0.2, 0.25) is 0 Å². The van der Waals surface area contributed by atoms with Crippen molar-refractivity contribution in [1.82, 2.24) is 10.2 Å². The molecule has 0 atom stereocenters. The van der Waals surface area contributed by atoms with Crippen LogP contribution in [-0.4, -0.2) is 61.9 Å². The van der Waals surface area contributed by atoms with E-state index < -0.39 is 0 Å². The molecule has 1 rings (SSSR count). The molecule has 5 nitrogen and oxygen atoms in total. The first-order valence-corrected chi connectivity index (χ1v) is 8.14. The summed E-state index contributed by atoms with van der Waals surface area (Å²) in [6.07, 6.45) is 2.73. The first-order valence-electron chi connectivity index (χ1n) is 8.14. The molecule has 0 aromatic rings. The molecule has 1 fully saturated rings. The van der Waals surface area contributed by atoms with Crippen LogP contribution in [0.4, 0.5) is 0 Å². The Hall–Kier alpha value is -0.650. The number of carbonyl (C=O) groups is 1. The molecule has 0 saturated carbocycles. The van der Waals surface area contributed by atoms with Gasteiger partial charge >= 0.3 is 0 Å². The maximum absolute atomic E-state index is 12.1. The van der Waals surface area contributed by atoms with Gasteiger partial charge in [-0.05, 0) is 40.5 Å². The fraction of sp³-hybridized carbons (Fsp3) is 0.938. The predicted molar refractivity (Wildman–Crippen MR) is 84.4 cm³/mol. The summed E-state index contributed by atoms with van der Waals surface area (Å²) in [5, 5.41) is 3.35. The maximum atomic E-state index is 12.1. The van der Waals surface area contributed by atoms with Crippen LogP contribution in [0, 0.1) is 0 Å². The average molecular weight is 300 g/mol. The van der Waals surface area contributed by atoms with Crippen LogP contribution in [0.5, 0.6) is 0 Å². The summed E-state index contributed by atoms with van der Waals surface area (Å²) in [4.78, 5) is 14.1. The number of hydrogen-bond acceptors (Lipinski definition) is 4. The van der Waals surface area contributed by atoms with E-state index in [1.54, 1.807) is 0 Å². The molecule has 1 amide bonds. The van der Waals surface area contributed by atoms with Gasteiger partial charge in [0, 0.05) is 38.2 Å². The summed E-state index contributed by atoms with van der Waals surface area (Å²) in [5.74, 6) is 0.250. The lowest BCUT2D eigenvalue weighted by atomic mass is 10.1. The quantitative estimate of drug-likeness (QED) is 0.695. The number of piperidine rings is 1. The van der Waals surface area contributed by atoms with Gasteiger partial charge in [-0.25, -0.2) is 0 Å². The number of rotatable bonds is 8. The fourth-order valence-corrected chi connectivity index (χ4v) is 2.39. The number of ether oxygens (including phenoxy) is 2. The van der Waals surface area contributed by atoms with E-state index in [9.17, 15) is 4.79 Å². The first kappa shape index (κ1) is 18.4. The van der Waals surface area contributed by atoms with E-state index in [1.807, 2.05) is 11.8 Å². The van der Waals surface area contributed by atoms with Gasteiger partial charge in [0.05, 0.1) is 19.3 Å². The SMILES string of the molecule is CCOCCOC1CCN(C(=O)CCNC(C)(C)C)CC1. The minimum absolute atomic E-state index is 0.0711. The van der Waals surface area contributed by atoms with Crippen LogP contribution >= 0.6 is 0 Å². The fourth-order valence-electron chi connectivity index (χ4n) is 2.39. The molecule has 1 N–H and O–H groups in total. The largest absolute Gasteiger partial charge is 0.379 e. The number of nitrogens with zero attached hydrogens (tertiary/aromatic N) is 1. The van der Waals surface area contributed by atoms with E-state index in [1.165, 1.54) is 0 Å². The lowest BCUT2D eigenvalue weighted by Gasteiger charge is -2.32. The van der Waals surface area contributed by atoms with Crippen molar-refractivity contribution < 1.29 is 14.3 Å². The Morgan fingerprint density at radius 2 is 1.90 bits per heavy atom. The predicted octanol–water partition coefficient (Wildman–Crippen LogP) is 1.81. The molecule has 0 aromatic carbocycles. The lowest BCUT2D eigenvalue weighted by molar-refractivity contribution is -0.134. The molecule has 0 aromatic heterocycles. The zero-order valence-electron chi connectivity index (χ0n) is 14.1. The van der Waals surface area contributed by atoms with Gasteiger partial charge in [-0.3, -0.25) is 4.79 Å². The molecule has 21 heavy (non-hydrogen) atoms. The van der Waals surface area contributed by atoms with Crippen molar-refractivity contribution in [2.24, 2.45) is 0 Å². The summed E-state index contributed by atoms with van der Waals surface area (Å²) >= 11 is 0. The van der Waals surface area contributed by atoms with E-state index in [4.69, 9.17) is 9.47 Å². The Kier molecular flexibility index (Phi) is 8.22.